The lowest BCUT2D eigenvalue weighted by Crippen LogP contribution is -2.22. The van der Waals surface area contributed by atoms with Crippen LogP contribution in [0.25, 0.3) is 27.6 Å². The van der Waals surface area contributed by atoms with Crippen molar-refractivity contribution < 1.29 is 19.4 Å². The second kappa shape index (κ2) is 11.4. The van der Waals surface area contributed by atoms with Crippen molar-refractivity contribution in [1.29, 1.82) is 0 Å². The molecule has 4 heterocycles. The summed E-state index contributed by atoms with van der Waals surface area (Å²) in [5, 5.41) is 11.3. The number of aliphatic hydroxyl groups excluding tert-OH is 1. The van der Waals surface area contributed by atoms with E-state index in [0.29, 0.717) is 52.6 Å². The van der Waals surface area contributed by atoms with Crippen molar-refractivity contribution >= 4 is 33.7 Å². The van der Waals surface area contributed by atoms with Crippen molar-refractivity contribution in [3.05, 3.63) is 84.5 Å². The van der Waals surface area contributed by atoms with Crippen LogP contribution in [0.4, 0.5) is 5.82 Å². The Morgan fingerprint density at radius 2 is 1.90 bits per heavy atom. The molecule has 1 saturated heterocycles. The van der Waals surface area contributed by atoms with Crippen LogP contribution >= 0.6 is 0 Å². The maximum absolute atomic E-state index is 13.3. The van der Waals surface area contributed by atoms with Gasteiger partial charge in [-0.1, -0.05) is 36.1 Å². The van der Waals surface area contributed by atoms with E-state index in [1.54, 1.807) is 37.1 Å². The number of ether oxygens (including phenoxy) is 2. The second-order valence-corrected chi connectivity index (χ2v) is 10.1. The van der Waals surface area contributed by atoms with E-state index in [4.69, 9.17) is 15.2 Å². The number of methoxy groups -OCH3 is 2. The lowest BCUT2D eigenvalue weighted by Gasteiger charge is -2.10. The van der Waals surface area contributed by atoms with Crippen LogP contribution in [-0.4, -0.2) is 75.0 Å². The van der Waals surface area contributed by atoms with Crippen LogP contribution in [0.5, 0.6) is 11.5 Å². The first-order valence-corrected chi connectivity index (χ1v) is 13.5. The van der Waals surface area contributed by atoms with E-state index in [1.807, 2.05) is 53.2 Å². The third kappa shape index (κ3) is 5.19. The van der Waals surface area contributed by atoms with Gasteiger partial charge in [0.2, 0.25) is 0 Å². The van der Waals surface area contributed by atoms with Crippen molar-refractivity contribution in [3.8, 4) is 29.0 Å². The number of aromatic nitrogens is 4. The highest BCUT2D eigenvalue weighted by Crippen LogP contribution is 2.31. The number of nitrogens with two attached hydrogens (primary N) is 1. The highest BCUT2D eigenvalue weighted by molar-refractivity contribution is 6.03. The molecule has 0 spiro atoms. The van der Waals surface area contributed by atoms with Gasteiger partial charge in [0.1, 0.15) is 23.6 Å². The minimum absolute atomic E-state index is 0.171. The Hall–Kier alpha value is -5.11. The minimum atomic E-state index is -0.299. The Morgan fingerprint density at radius 3 is 2.64 bits per heavy atom. The molecule has 3 aromatic heterocycles. The highest BCUT2D eigenvalue weighted by Gasteiger charge is 2.20. The summed E-state index contributed by atoms with van der Waals surface area (Å²) in [5.74, 6) is 7.81. The molecule has 3 N–H and O–H groups in total. The predicted octanol–water partition coefficient (Wildman–Crippen LogP) is 3.64. The van der Waals surface area contributed by atoms with Gasteiger partial charge in [-0.25, -0.2) is 9.97 Å². The smallest absolute Gasteiger partial charge is 0.254 e. The summed E-state index contributed by atoms with van der Waals surface area (Å²) < 4.78 is 14.3. The number of rotatable bonds is 6. The molecule has 1 aliphatic heterocycles. The summed E-state index contributed by atoms with van der Waals surface area (Å²) in [4.78, 5) is 24.2. The first kappa shape index (κ1) is 27.1. The summed E-state index contributed by atoms with van der Waals surface area (Å²) >= 11 is 0. The number of para-hydroxylation sites is 1. The van der Waals surface area contributed by atoms with Crippen LogP contribution in [0.3, 0.4) is 0 Å². The molecule has 212 valence electrons. The fraction of sp³-hybridized carbons (Fsp3) is 0.219. The van der Waals surface area contributed by atoms with Gasteiger partial charge in [0.05, 0.1) is 42.5 Å². The SMILES string of the molecule is COc1cc(C#Cc2cn(-c3cn(C(=O)C=CCN4CC[C@@H](O)C4)c4ccccc34)c3ncnc(N)c23)cc(OC)c1. The quantitative estimate of drug-likeness (QED) is 0.238. The van der Waals surface area contributed by atoms with Crippen LogP contribution in [-0.2, 0) is 0 Å². The molecule has 5 aromatic rings. The van der Waals surface area contributed by atoms with Crippen molar-refractivity contribution in [2.45, 2.75) is 12.5 Å². The lowest BCUT2D eigenvalue weighted by atomic mass is 10.1. The van der Waals surface area contributed by atoms with Crippen LogP contribution in [0.2, 0.25) is 0 Å². The van der Waals surface area contributed by atoms with E-state index in [-0.39, 0.29) is 12.0 Å². The number of hydrogen-bond acceptors (Lipinski definition) is 8. The number of nitrogen functional groups attached to an aromatic ring is 1. The Balaban J connectivity index is 1.41. The minimum Gasteiger partial charge on any atom is -0.497 e. The van der Waals surface area contributed by atoms with Crippen molar-refractivity contribution in [3.63, 3.8) is 0 Å². The molecule has 1 atom stereocenters. The maximum atomic E-state index is 13.3. The van der Waals surface area contributed by atoms with Gasteiger partial charge < -0.3 is 20.3 Å². The number of fused-ring (bicyclic) bond motifs is 2. The molecule has 42 heavy (non-hydrogen) atoms. The molecule has 6 rings (SSSR count). The fourth-order valence-corrected chi connectivity index (χ4v) is 5.28. The van der Waals surface area contributed by atoms with Crippen LogP contribution in [0.15, 0.2) is 73.3 Å². The van der Waals surface area contributed by atoms with Gasteiger partial charge >= 0.3 is 0 Å². The van der Waals surface area contributed by atoms with E-state index >= 15 is 0 Å². The summed E-state index contributed by atoms with van der Waals surface area (Å²) in [6.45, 7) is 2.05. The number of benzene rings is 2. The molecule has 0 aliphatic carbocycles. The van der Waals surface area contributed by atoms with Crippen molar-refractivity contribution in [2.24, 2.45) is 0 Å². The first-order valence-electron chi connectivity index (χ1n) is 13.5. The van der Waals surface area contributed by atoms with E-state index in [2.05, 4.69) is 26.7 Å². The molecule has 2 aromatic carbocycles. The van der Waals surface area contributed by atoms with Gasteiger partial charge in [-0.2, -0.15) is 0 Å². The predicted molar refractivity (Wildman–Crippen MR) is 161 cm³/mol. The molecular formula is C32H30N6O4. The second-order valence-electron chi connectivity index (χ2n) is 10.1. The standard InChI is InChI=1S/C32H30N6O4/c1-41-24-14-21(15-25(16-24)42-2)9-10-22-17-38(32-30(22)31(33)34-20-35-32)28-19-37(27-7-4-3-6-26(27)28)29(40)8-5-12-36-13-11-23(39)18-36/h3-8,14-17,19-20,23,39H,11-13,18H2,1-2H3,(H2,33,34,35)/t23-/m1/s1. The number of carbonyl (C=O) groups excluding carboxylic acids is 1. The number of anilines is 1. The van der Waals surface area contributed by atoms with Crippen LogP contribution in [0.1, 0.15) is 22.3 Å². The van der Waals surface area contributed by atoms with Crippen molar-refractivity contribution in [2.75, 3.05) is 39.6 Å². The summed E-state index contributed by atoms with van der Waals surface area (Å²) in [6.07, 6.45) is 8.97. The molecule has 10 heteroatoms. The third-order valence-corrected chi connectivity index (χ3v) is 7.36. The molecule has 0 unspecified atom stereocenters. The molecule has 0 radical (unpaired) electrons. The van der Waals surface area contributed by atoms with E-state index in [9.17, 15) is 9.90 Å². The van der Waals surface area contributed by atoms with Crippen molar-refractivity contribution in [1.82, 2.24) is 24.0 Å². The Bertz CT molecular complexity index is 1870. The van der Waals surface area contributed by atoms with Crippen LogP contribution in [0, 0.1) is 11.8 Å². The Labute approximate surface area is 242 Å². The monoisotopic (exact) mass is 562 g/mol. The molecule has 1 aliphatic rings. The van der Waals surface area contributed by atoms with Crippen LogP contribution < -0.4 is 15.2 Å². The zero-order chi connectivity index (χ0) is 29.2. The molecule has 0 bridgehead atoms. The highest BCUT2D eigenvalue weighted by atomic mass is 16.5. The molecule has 0 saturated carbocycles. The number of β-amino-alcohol motifs (C(OH)–C–C–N with tert-alkyl or cyclic N) is 1. The lowest BCUT2D eigenvalue weighted by molar-refractivity contribution is 0.0973. The number of hydrogen-bond donors (Lipinski definition) is 2. The number of carbonyl (C=O) groups is 1. The summed E-state index contributed by atoms with van der Waals surface area (Å²) in [6, 6.07) is 13.1. The van der Waals surface area contributed by atoms with Gasteiger partial charge in [-0.05, 0) is 24.6 Å². The normalized spacial score (nSPS) is 15.4. The van der Waals surface area contributed by atoms with Gasteiger partial charge in [0.15, 0.2) is 5.65 Å². The number of nitrogens with zero attached hydrogens (tertiary/aromatic N) is 5. The van der Waals surface area contributed by atoms with Gasteiger partial charge in [0.25, 0.3) is 5.91 Å². The third-order valence-electron chi connectivity index (χ3n) is 7.36. The van der Waals surface area contributed by atoms with E-state index in [0.717, 1.165) is 29.6 Å². The number of aliphatic hydroxyl groups is 1. The Kier molecular flexibility index (Phi) is 7.35. The number of likely N-dealkylation sites (tertiary alicyclic amines) is 1. The van der Waals surface area contributed by atoms with E-state index < -0.39 is 0 Å². The maximum Gasteiger partial charge on any atom is 0.254 e. The largest absolute Gasteiger partial charge is 0.497 e. The number of allylic oxidation sites excluding steroid dienone is 1. The summed E-state index contributed by atoms with van der Waals surface area (Å²) in [7, 11) is 3.18. The summed E-state index contributed by atoms with van der Waals surface area (Å²) in [5.41, 5.74) is 9.78. The molecular weight excluding hydrogens is 532 g/mol. The zero-order valence-electron chi connectivity index (χ0n) is 23.3. The Morgan fingerprint density at radius 1 is 1.12 bits per heavy atom. The molecule has 1 fully saturated rings. The molecule has 10 nitrogen and oxygen atoms in total. The van der Waals surface area contributed by atoms with Gasteiger partial charge in [-0.3, -0.25) is 18.8 Å². The topological polar surface area (TPSA) is 121 Å². The van der Waals surface area contributed by atoms with Gasteiger partial charge in [0, 0.05) is 55.1 Å². The zero-order valence-corrected chi connectivity index (χ0v) is 23.3. The first-order chi connectivity index (χ1) is 20.4. The van der Waals surface area contributed by atoms with E-state index in [1.165, 1.54) is 6.33 Å². The van der Waals surface area contributed by atoms with Gasteiger partial charge in [-0.15, -0.1) is 0 Å². The molecule has 0 amide bonds. The average Bonchev–Trinajstić information content (AvgIpc) is 3.71. The fourth-order valence-electron chi connectivity index (χ4n) is 5.28. The average molecular weight is 563 g/mol.